The quantitative estimate of drug-likeness (QED) is 0.260. The SMILES string of the molecule is Cc1ccc(N(c2ccc(CN3CCN(C)CC3)c(C(F)(F)F)c2)S(C)(=O)=O)cc1Nc1cc(-c2cccnc2)ccn1. The molecule has 0 atom stereocenters. The molecule has 1 N–H and O–H groups in total. The van der Waals surface area contributed by atoms with Gasteiger partial charge in [0.05, 0.1) is 23.2 Å². The van der Waals surface area contributed by atoms with Crippen molar-refractivity contribution >= 4 is 32.9 Å². The molecule has 1 fully saturated rings. The van der Waals surface area contributed by atoms with Crippen molar-refractivity contribution in [3.8, 4) is 11.1 Å². The summed E-state index contributed by atoms with van der Waals surface area (Å²) < 4.78 is 70.0. The highest BCUT2D eigenvalue weighted by Crippen LogP contribution is 2.39. The Morgan fingerprint density at radius 3 is 2.33 bits per heavy atom. The number of piperazine rings is 1. The minimum atomic E-state index is -4.66. The van der Waals surface area contributed by atoms with Crippen LogP contribution in [-0.2, 0) is 22.7 Å². The van der Waals surface area contributed by atoms with Crippen LogP contribution in [0, 0.1) is 6.92 Å². The van der Waals surface area contributed by atoms with Crippen LogP contribution in [0.15, 0.2) is 79.3 Å². The molecule has 5 rings (SSSR count). The van der Waals surface area contributed by atoms with E-state index in [1.807, 2.05) is 43.1 Å². The van der Waals surface area contributed by atoms with E-state index in [2.05, 4.69) is 20.2 Å². The van der Waals surface area contributed by atoms with Crippen LogP contribution in [0.2, 0.25) is 0 Å². The van der Waals surface area contributed by atoms with Crippen LogP contribution in [0.5, 0.6) is 0 Å². The second kappa shape index (κ2) is 12.3. The van der Waals surface area contributed by atoms with Gasteiger partial charge in [0.2, 0.25) is 10.0 Å². The molecule has 4 aromatic rings. The number of halogens is 3. The minimum absolute atomic E-state index is 0.0940. The lowest BCUT2D eigenvalue weighted by Gasteiger charge is -2.33. The predicted molar refractivity (Wildman–Crippen MR) is 163 cm³/mol. The number of likely N-dealkylation sites (N-methyl/N-ethyl adjacent to an activating group) is 1. The van der Waals surface area contributed by atoms with E-state index in [0.717, 1.165) is 46.4 Å². The van der Waals surface area contributed by atoms with Gasteiger partial charge < -0.3 is 10.2 Å². The molecule has 2 aromatic carbocycles. The smallest absolute Gasteiger partial charge is 0.340 e. The fourth-order valence-electron chi connectivity index (χ4n) is 5.09. The summed E-state index contributed by atoms with van der Waals surface area (Å²) >= 11 is 0. The molecule has 0 aliphatic carbocycles. The number of hydrogen-bond acceptors (Lipinski definition) is 7. The van der Waals surface area contributed by atoms with Crippen LogP contribution in [0.3, 0.4) is 0 Å². The molecule has 1 aliphatic rings. The number of nitrogens with zero attached hydrogens (tertiary/aromatic N) is 5. The van der Waals surface area contributed by atoms with Crippen LogP contribution < -0.4 is 9.62 Å². The van der Waals surface area contributed by atoms with E-state index < -0.39 is 21.8 Å². The van der Waals surface area contributed by atoms with Gasteiger partial charge in [-0.25, -0.2) is 17.7 Å². The van der Waals surface area contributed by atoms with Crippen molar-refractivity contribution in [2.45, 2.75) is 19.6 Å². The van der Waals surface area contributed by atoms with Gasteiger partial charge in [-0.15, -0.1) is 0 Å². The van der Waals surface area contributed by atoms with Crippen molar-refractivity contribution < 1.29 is 21.6 Å². The van der Waals surface area contributed by atoms with Crippen molar-refractivity contribution in [3.63, 3.8) is 0 Å². The molecule has 0 amide bonds. The third-order valence-electron chi connectivity index (χ3n) is 7.43. The first kappa shape index (κ1) is 30.5. The Morgan fingerprint density at radius 2 is 1.65 bits per heavy atom. The standard InChI is InChI=1S/C31H33F3N6O2S/c1-22-6-8-27(19-29(22)37-30-17-23(10-12-36-30)24-5-4-11-35-20-24)40(43(3,41)42)26-9-7-25(28(18-26)31(32,33)34)21-39-15-13-38(2)14-16-39/h4-12,17-20H,13-16,21H2,1-3H3,(H,36,37). The normalized spacial score (nSPS) is 14.9. The van der Waals surface area contributed by atoms with Crippen LogP contribution in [0.25, 0.3) is 11.1 Å². The first-order chi connectivity index (χ1) is 20.4. The van der Waals surface area contributed by atoms with Gasteiger partial charge in [0.1, 0.15) is 5.82 Å². The van der Waals surface area contributed by atoms with Gasteiger partial charge in [0.25, 0.3) is 0 Å². The topological polar surface area (TPSA) is 81.7 Å². The van der Waals surface area contributed by atoms with Gasteiger partial charge in [-0.2, -0.15) is 13.2 Å². The predicted octanol–water partition coefficient (Wildman–Crippen LogP) is 6.06. The number of aromatic nitrogens is 2. The maximum atomic E-state index is 14.3. The number of anilines is 4. The molecular weight excluding hydrogens is 577 g/mol. The number of sulfonamides is 1. The summed E-state index contributed by atoms with van der Waals surface area (Å²) in [7, 11) is -2.04. The fraction of sp³-hybridized carbons (Fsp3) is 0.290. The van der Waals surface area contributed by atoms with Crippen LogP contribution in [-0.4, -0.2) is 67.7 Å². The number of pyridine rings is 2. The third-order valence-corrected chi connectivity index (χ3v) is 8.51. The van der Waals surface area contributed by atoms with Gasteiger partial charge in [-0.1, -0.05) is 18.2 Å². The first-order valence-corrected chi connectivity index (χ1v) is 15.6. The molecule has 3 heterocycles. The molecular formula is C31H33F3N6O2S. The van der Waals surface area contributed by atoms with E-state index >= 15 is 0 Å². The van der Waals surface area contributed by atoms with Crippen molar-refractivity contribution in [3.05, 3.63) is 95.9 Å². The van der Waals surface area contributed by atoms with E-state index in [9.17, 15) is 21.6 Å². The summed E-state index contributed by atoms with van der Waals surface area (Å²) in [6.45, 7) is 4.83. The van der Waals surface area contributed by atoms with Crippen LogP contribution in [0.1, 0.15) is 16.7 Å². The molecule has 2 aromatic heterocycles. The zero-order chi connectivity index (χ0) is 30.8. The maximum Gasteiger partial charge on any atom is 0.416 e. The van der Waals surface area contributed by atoms with Crippen molar-refractivity contribution in [1.82, 2.24) is 19.8 Å². The second-order valence-electron chi connectivity index (χ2n) is 10.7. The highest BCUT2D eigenvalue weighted by Gasteiger charge is 2.35. The van der Waals surface area contributed by atoms with Gasteiger partial charge in [0, 0.05) is 62.6 Å². The van der Waals surface area contributed by atoms with Crippen LogP contribution in [0.4, 0.5) is 36.1 Å². The average molecular weight is 611 g/mol. The Morgan fingerprint density at radius 1 is 0.930 bits per heavy atom. The molecule has 226 valence electrons. The van der Waals surface area contributed by atoms with Crippen molar-refractivity contribution in [1.29, 1.82) is 0 Å². The zero-order valence-corrected chi connectivity index (χ0v) is 25.0. The van der Waals surface area contributed by atoms with Gasteiger partial charge in [-0.3, -0.25) is 9.88 Å². The molecule has 12 heteroatoms. The summed E-state index contributed by atoms with van der Waals surface area (Å²) in [5.41, 5.74) is 2.50. The fourth-order valence-corrected chi connectivity index (χ4v) is 6.09. The lowest BCUT2D eigenvalue weighted by molar-refractivity contribution is -0.138. The van der Waals surface area contributed by atoms with Crippen molar-refractivity contribution in [2.75, 3.05) is 49.1 Å². The molecule has 43 heavy (non-hydrogen) atoms. The van der Waals surface area contributed by atoms with Gasteiger partial charge >= 0.3 is 6.18 Å². The van der Waals surface area contributed by atoms with Gasteiger partial charge in [-0.05, 0) is 73.1 Å². The van der Waals surface area contributed by atoms with E-state index in [4.69, 9.17) is 0 Å². The summed E-state index contributed by atoms with van der Waals surface area (Å²) in [6.07, 6.45) is 1.39. The van der Waals surface area contributed by atoms with E-state index in [1.165, 1.54) is 12.1 Å². The molecule has 0 saturated carbocycles. The summed E-state index contributed by atoms with van der Waals surface area (Å²) in [4.78, 5) is 12.7. The number of alkyl halides is 3. The van der Waals surface area contributed by atoms with E-state index in [-0.39, 0.29) is 23.5 Å². The van der Waals surface area contributed by atoms with E-state index in [1.54, 1.807) is 36.8 Å². The summed E-state index contributed by atoms with van der Waals surface area (Å²) in [5.74, 6) is 0.514. The molecule has 0 radical (unpaired) electrons. The summed E-state index contributed by atoms with van der Waals surface area (Å²) in [5, 5.41) is 3.23. The summed E-state index contributed by atoms with van der Waals surface area (Å²) in [6, 6.07) is 16.1. The third kappa shape index (κ3) is 7.32. The first-order valence-electron chi connectivity index (χ1n) is 13.7. The highest BCUT2D eigenvalue weighted by molar-refractivity contribution is 7.92. The van der Waals surface area contributed by atoms with Crippen molar-refractivity contribution in [2.24, 2.45) is 0 Å². The van der Waals surface area contributed by atoms with Gasteiger partial charge in [0.15, 0.2) is 0 Å². The number of benzene rings is 2. The number of nitrogens with one attached hydrogen (secondary N) is 1. The molecule has 1 aliphatic heterocycles. The molecule has 8 nitrogen and oxygen atoms in total. The molecule has 0 unspecified atom stereocenters. The largest absolute Gasteiger partial charge is 0.416 e. The second-order valence-corrected chi connectivity index (χ2v) is 12.6. The highest BCUT2D eigenvalue weighted by atomic mass is 32.2. The maximum absolute atomic E-state index is 14.3. The molecule has 1 saturated heterocycles. The lowest BCUT2D eigenvalue weighted by Crippen LogP contribution is -2.44. The number of hydrogen-bond donors (Lipinski definition) is 1. The molecule has 0 bridgehead atoms. The Hall–Kier alpha value is -4.00. The lowest BCUT2D eigenvalue weighted by atomic mass is 10.0. The average Bonchev–Trinajstić information content (AvgIpc) is 2.96. The minimum Gasteiger partial charge on any atom is -0.340 e. The Balaban J connectivity index is 1.49. The monoisotopic (exact) mass is 610 g/mol. The van der Waals surface area contributed by atoms with Crippen LogP contribution >= 0.6 is 0 Å². The van der Waals surface area contributed by atoms with E-state index in [0.29, 0.717) is 24.6 Å². The molecule has 0 spiro atoms. The number of rotatable bonds is 8. The Kier molecular flexibility index (Phi) is 8.72. The number of aryl methyl sites for hydroxylation is 1. The Bertz CT molecular complexity index is 1690. The Labute approximate surface area is 249 Å². The zero-order valence-electron chi connectivity index (χ0n) is 24.1.